The predicted molar refractivity (Wildman–Crippen MR) is 98.7 cm³/mol. The zero-order chi connectivity index (χ0) is 18.2. The average Bonchev–Trinajstić information content (AvgIpc) is 2.63. The summed E-state index contributed by atoms with van der Waals surface area (Å²) in [4.78, 5) is 22.5. The van der Waals surface area contributed by atoms with E-state index in [1.165, 1.54) is 0 Å². The molecule has 2 aromatic rings. The first kappa shape index (κ1) is 19.1. The molecule has 0 radical (unpaired) electrons. The molecule has 2 rings (SSSR count). The summed E-state index contributed by atoms with van der Waals surface area (Å²) in [6.45, 7) is 0.555. The van der Waals surface area contributed by atoms with Crippen LogP contribution in [0.2, 0.25) is 10.0 Å². The molecule has 1 unspecified atom stereocenters. The number of aldehydes is 1. The van der Waals surface area contributed by atoms with Gasteiger partial charge in [-0.25, -0.2) is 5.48 Å². The van der Waals surface area contributed by atoms with Gasteiger partial charge < -0.3 is 15.4 Å². The highest BCUT2D eigenvalue weighted by Gasteiger charge is 2.09. The van der Waals surface area contributed by atoms with Gasteiger partial charge >= 0.3 is 0 Å². The summed E-state index contributed by atoms with van der Waals surface area (Å²) in [5, 5.41) is 15.8. The highest BCUT2D eigenvalue weighted by molar-refractivity contribution is 6.42. The van der Waals surface area contributed by atoms with Crippen LogP contribution in [0.5, 0.6) is 0 Å². The number of halogens is 2. The summed E-state index contributed by atoms with van der Waals surface area (Å²) < 4.78 is 0. The van der Waals surface area contributed by atoms with Gasteiger partial charge in [-0.2, -0.15) is 0 Å². The quantitative estimate of drug-likeness (QED) is 0.318. The Morgan fingerprint density at radius 3 is 2.36 bits per heavy atom. The molecule has 0 heterocycles. The molecule has 25 heavy (non-hydrogen) atoms. The molecule has 0 saturated heterocycles. The predicted octanol–water partition coefficient (Wildman–Crippen LogP) is 3.59. The Labute approximate surface area is 155 Å². The van der Waals surface area contributed by atoms with Crippen LogP contribution in [0.3, 0.4) is 0 Å². The third kappa shape index (κ3) is 5.63. The Kier molecular flexibility index (Phi) is 7.06. The first-order valence-corrected chi connectivity index (χ1v) is 8.24. The first-order chi connectivity index (χ1) is 12.0. The SMILES string of the molecule is O=CC(CCNc1ccc(Cl)c(Cl)c1)Nc1ccc(C(=O)NO)cc1. The Hall–Kier alpha value is -2.28. The van der Waals surface area contributed by atoms with Gasteiger partial charge in [0.15, 0.2) is 0 Å². The van der Waals surface area contributed by atoms with Crippen LogP contribution in [0.15, 0.2) is 42.5 Å². The number of hydrogen-bond acceptors (Lipinski definition) is 5. The third-order valence-corrected chi connectivity index (χ3v) is 4.21. The van der Waals surface area contributed by atoms with Gasteiger partial charge in [-0.05, 0) is 48.9 Å². The number of amides is 1. The maximum absolute atomic E-state index is 11.3. The van der Waals surface area contributed by atoms with Gasteiger partial charge in [0.25, 0.3) is 5.91 Å². The molecule has 0 spiro atoms. The zero-order valence-electron chi connectivity index (χ0n) is 13.1. The van der Waals surface area contributed by atoms with Crippen molar-refractivity contribution < 1.29 is 14.8 Å². The molecule has 0 aliphatic rings. The van der Waals surface area contributed by atoms with E-state index in [1.54, 1.807) is 41.9 Å². The van der Waals surface area contributed by atoms with Crippen LogP contribution < -0.4 is 16.1 Å². The standard InChI is InChI=1S/C17H17Cl2N3O3/c18-15-6-5-13(9-16(15)19)20-8-7-14(10-23)21-12-3-1-11(2-4-12)17(24)22-25/h1-6,9-10,14,20-21,25H,7-8H2,(H,22,24). The molecule has 0 aliphatic carbocycles. The lowest BCUT2D eigenvalue weighted by atomic mass is 10.1. The van der Waals surface area contributed by atoms with Crippen LogP contribution in [0.25, 0.3) is 0 Å². The molecule has 0 bridgehead atoms. The topological polar surface area (TPSA) is 90.5 Å². The summed E-state index contributed by atoms with van der Waals surface area (Å²) in [7, 11) is 0. The molecule has 0 aliphatic heterocycles. The molecule has 8 heteroatoms. The van der Waals surface area contributed by atoms with E-state index in [0.29, 0.717) is 34.3 Å². The van der Waals surface area contributed by atoms with Gasteiger partial charge in [0.1, 0.15) is 6.29 Å². The van der Waals surface area contributed by atoms with Gasteiger partial charge in [0.2, 0.25) is 0 Å². The van der Waals surface area contributed by atoms with Crippen LogP contribution >= 0.6 is 23.2 Å². The Bertz CT molecular complexity index is 738. The third-order valence-electron chi connectivity index (χ3n) is 3.47. The van der Waals surface area contributed by atoms with Crippen molar-refractivity contribution in [1.82, 2.24) is 5.48 Å². The fraction of sp³-hybridized carbons (Fsp3) is 0.176. The van der Waals surface area contributed by atoms with Crippen LogP contribution in [-0.2, 0) is 4.79 Å². The normalized spacial score (nSPS) is 11.5. The number of carbonyl (C=O) groups is 2. The average molecular weight is 382 g/mol. The van der Waals surface area contributed by atoms with Crippen molar-refractivity contribution in [3.8, 4) is 0 Å². The molecule has 1 amide bonds. The minimum Gasteiger partial charge on any atom is -0.385 e. The summed E-state index contributed by atoms with van der Waals surface area (Å²) in [6.07, 6.45) is 1.37. The van der Waals surface area contributed by atoms with Crippen molar-refractivity contribution in [3.63, 3.8) is 0 Å². The second-order valence-electron chi connectivity index (χ2n) is 5.25. The van der Waals surface area contributed by atoms with Crippen LogP contribution in [-0.4, -0.2) is 30.0 Å². The summed E-state index contributed by atoms with van der Waals surface area (Å²) in [6, 6.07) is 11.2. The number of hydrogen-bond donors (Lipinski definition) is 4. The van der Waals surface area contributed by atoms with E-state index < -0.39 is 11.9 Å². The van der Waals surface area contributed by atoms with Gasteiger partial charge in [-0.1, -0.05) is 23.2 Å². The van der Waals surface area contributed by atoms with Gasteiger partial charge in [-0.3, -0.25) is 10.0 Å². The van der Waals surface area contributed by atoms with E-state index in [9.17, 15) is 9.59 Å². The Balaban J connectivity index is 1.86. The zero-order valence-corrected chi connectivity index (χ0v) is 14.6. The lowest BCUT2D eigenvalue weighted by Gasteiger charge is -2.15. The lowest BCUT2D eigenvalue weighted by molar-refractivity contribution is -0.108. The van der Waals surface area contributed by atoms with Crippen LogP contribution in [0.4, 0.5) is 11.4 Å². The molecular formula is C17H17Cl2N3O3. The molecular weight excluding hydrogens is 365 g/mol. The highest BCUT2D eigenvalue weighted by atomic mass is 35.5. The van der Waals surface area contributed by atoms with Gasteiger partial charge in [0, 0.05) is 23.5 Å². The highest BCUT2D eigenvalue weighted by Crippen LogP contribution is 2.25. The fourth-order valence-corrected chi connectivity index (χ4v) is 2.45. The smallest absolute Gasteiger partial charge is 0.274 e. The number of carbonyl (C=O) groups excluding carboxylic acids is 2. The van der Waals surface area contributed by atoms with E-state index in [-0.39, 0.29) is 0 Å². The largest absolute Gasteiger partial charge is 0.385 e. The van der Waals surface area contributed by atoms with Gasteiger partial charge in [-0.15, -0.1) is 0 Å². The second-order valence-corrected chi connectivity index (χ2v) is 6.06. The van der Waals surface area contributed by atoms with E-state index >= 15 is 0 Å². The van der Waals surface area contributed by atoms with Crippen molar-refractivity contribution in [2.75, 3.05) is 17.2 Å². The first-order valence-electron chi connectivity index (χ1n) is 7.48. The van der Waals surface area contributed by atoms with Crippen LogP contribution in [0.1, 0.15) is 16.8 Å². The number of nitrogens with one attached hydrogen (secondary N) is 3. The molecule has 0 fully saturated rings. The Morgan fingerprint density at radius 1 is 1.08 bits per heavy atom. The number of benzene rings is 2. The maximum Gasteiger partial charge on any atom is 0.274 e. The minimum atomic E-state index is -0.593. The lowest BCUT2D eigenvalue weighted by Crippen LogP contribution is -2.24. The number of anilines is 2. The second kappa shape index (κ2) is 9.27. The van der Waals surface area contributed by atoms with E-state index in [1.807, 2.05) is 6.07 Å². The van der Waals surface area contributed by atoms with Crippen molar-refractivity contribution >= 4 is 46.8 Å². The fourth-order valence-electron chi connectivity index (χ4n) is 2.15. The van der Waals surface area contributed by atoms with E-state index in [2.05, 4.69) is 10.6 Å². The summed E-state index contributed by atoms with van der Waals surface area (Å²) in [5.41, 5.74) is 3.39. The van der Waals surface area contributed by atoms with Crippen molar-refractivity contribution in [3.05, 3.63) is 58.1 Å². The van der Waals surface area contributed by atoms with Crippen molar-refractivity contribution in [2.45, 2.75) is 12.5 Å². The molecule has 0 saturated carbocycles. The number of hydroxylamine groups is 1. The summed E-state index contributed by atoms with van der Waals surface area (Å²) in [5.74, 6) is -0.593. The van der Waals surface area contributed by atoms with Crippen LogP contribution in [0, 0.1) is 0 Å². The van der Waals surface area contributed by atoms with E-state index in [0.717, 1.165) is 12.0 Å². The molecule has 4 N–H and O–H groups in total. The molecule has 1 atom stereocenters. The minimum absolute atomic E-state index is 0.317. The number of rotatable bonds is 8. The van der Waals surface area contributed by atoms with Crippen molar-refractivity contribution in [2.24, 2.45) is 0 Å². The summed E-state index contributed by atoms with van der Waals surface area (Å²) >= 11 is 11.8. The molecule has 2 aromatic carbocycles. The Morgan fingerprint density at radius 2 is 1.76 bits per heavy atom. The maximum atomic E-state index is 11.3. The van der Waals surface area contributed by atoms with Crippen molar-refractivity contribution in [1.29, 1.82) is 0 Å². The monoisotopic (exact) mass is 381 g/mol. The molecule has 132 valence electrons. The molecule has 6 nitrogen and oxygen atoms in total. The molecule has 0 aromatic heterocycles. The van der Waals surface area contributed by atoms with E-state index in [4.69, 9.17) is 28.4 Å². The van der Waals surface area contributed by atoms with Gasteiger partial charge in [0.05, 0.1) is 16.1 Å².